The van der Waals surface area contributed by atoms with Gasteiger partial charge >= 0.3 is 0 Å². The van der Waals surface area contributed by atoms with Crippen LogP contribution in [0.4, 0.5) is 0 Å². The molecule has 0 spiro atoms. The molecular weight excluding hydrogens is 236 g/mol. The molecule has 3 heteroatoms. The molecule has 3 nitrogen and oxygen atoms in total. The molecule has 0 fully saturated rings. The van der Waals surface area contributed by atoms with Crippen LogP contribution in [-0.2, 0) is 0 Å². The van der Waals surface area contributed by atoms with E-state index in [0.717, 1.165) is 33.2 Å². The smallest absolute Gasteiger partial charge is 0.138 e. The third-order valence-corrected chi connectivity index (χ3v) is 3.23. The molecule has 0 atom stereocenters. The number of pyridine rings is 2. The van der Waals surface area contributed by atoms with Gasteiger partial charge < -0.3 is 4.42 Å². The van der Waals surface area contributed by atoms with Gasteiger partial charge in [0.1, 0.15) is 11.2 Å². The van der Waals surface area contributed by atoms with E-state index in [4.69, 9.17) is 4.42 Å². The maximum Gasteiger partial charge on any atom is 0.138 e. The molecule has 1 aromatic carbocycles. The van der Waals surface area contributed by atoms with E-state index in [1.165, 1.54) is 0 Å². The summed E-state index contributed by atoms with van der Waals surface area (Å²) in [4.78, 5) is 8.54. The normalized spacial score (nSPS) is 11.2. The maximum atomic E-state index is 5.78. The average molecular weight is 246 g/mol. The molecule has 0 unspecified atom stereocenters. The van der Waals surface area contributed by atoms with Crippen LogP contribution in [0.25, 0.3) is 33.2 Å². The van der Waals surface area contributed by atoms with E-state index in [1.54, 1.807) is 12.4 Å². The Morgan fingerprint density at radius 3 is 2.68 bits per heavy atom. The van der Waals surface area contributed by atoms with Gasteiger partial charge in [0.2, 0.25) is 0 Å². The maximum absolute atomic E-state index is 5.78. The van der Waals surface area contributed by atoms with Crippen LogP contribution < -0.4 is 0 Å². The molecule has 4 aromatic rings. The first kappa shape index (κ1) is 10.3. The van der Waals surface area contributed by atoms with Crippen LogP contribution in [-0.4, -0.2) is 9.97 Å². The lowest BCUT2D eigenvalue weighted by Gasteiger charge is -1.99. The van der Waals surface area contributed by atoms with Crippen LogP contribution in [0.2, 0.25) is 0 Å². The van der Waals surface area contributed by atoms with Crippen molar-refractivity contribution in [2.24, 2.45) is 0 Å². The van der Waals surface area contributed by atoms with Crippen molar-refractivity contribution in [1.82, 2.24) is 9.97 Å². The lowest BCUT2D eigenvalue weighted by atomic mass is 10.1. The Morgan fingerprint density at radius 1 is 0.842 bits per heavy atom. The molecule has 0 amide bonds. The predicted molar refractivity (Wildman–Crippen MR) is 74.7 cm³/mol. The van der Waals surface area contributed by atoms with Gasteiger partial charge in [0.15, 0.2) is 0 Å². The van der Waals surface area contributed by atoms with Gasteiger partial charge in [-0.15, -0.1) is 0 Å². The van der Waals surface area contributed by atoms with Crippen molar-refractivity contribution in [3.63, 3.8) is 0 Å². The number of aromatic nitrogens is 2. The van der Waals surface area contributed by atoms with Gasteiger partial charge in [-0.25, -0.2) is 0 Å². The first-order chi connectivity index (χ1) is 9.42. The lowest BCUT2D eigenvalue weighted by molar-refractivity contribution is 0.668. The SMILES string of the molecule is c1ccc(-c2ccc3oc4ccncc4c3c2)nc1. The largest absolute Gasteiger partial charge is 0.456 e. The van der Waals surface area contributed by atoms with Crippen LogP contribution in [0.5, 0.6) is 0 Å². The highest BCUT2D eigenvalue weighted by Gasteiger charge is 2.08. The number of hydrogen-bond donors (Lipinski definition) is 0. The number of fused-ring (bicyclic) bond motifs is 3. The van der Waals surface area contributed by atoms with Crippen molar-refractivity contribution in [2.75, 3.05) is 0 Å². The Morgan fingerprint density at radius 2 is 1.79 bits per heavy atom. The molecule has 3 aromatic heterocycles. The second-order valence-electron chi connectivity index (χ2n) is 4.40. The van der Waals surface area contributed by atoms with E-state index >= 15 is 0 Å². The number of benzene rings is 1. The fraction of sp³-hybridized carbons (Fsp3) is 0. The summed E-state index contributed by atoms with van der Waals surface area (Å²) >= 11 is 0. The summed E-state index contributed by atoms with van der Waals surface area (Å²) in [5.41, 5.74) is 3.79. The summed E-state index contributed by atoms with van der Waals surface area (Å²) in [7, 11) is 0. The van der Waals surface area contributed by atoms with Crippen LogP contribution in [0.1, 0.15) is 0 Å². The summed E-state index contributed by atoms with van der Waals surface area (Å²) in [5, 5.41) is 2.11. The zero-order chi connectivity index (χ0) is 12.7. The Balaban J connectivity index is 2.03. The third-order valence-electron chi connectivity index (χ3n) is 3.23. The Labute approximate surface area is 109 Å². The highest BCUT2D eigenvalue weighted by Crippen LogP contribution is 2.31. The fourth-order valence-electron chi connectivity index (χ4n) is 2.31. The fourth-order valence-corrected chi connectivity index (χ4v) is 2.31. The van der Waals surface area contributed by atoms with Crippen molar-refractivity contribution >= 4 is 21.9 Å². The Kier molecular flexibility index (Phi) is 2.12. The number of furan rings is 1. The molecule has 0 N–H and O–H groups in total. The minimum atomic E-state index is 0.864. The molecule has 3 heterocycles. The lowest BCUT2D eigenvalue weighted by Crippen LogP contribution is -1.81. The topological polar surface area (TPSA) is 38.9 Å². The zero-order valence-electron chi connectivity index (χ0n) is 10.1. The molecule has 19 heavy (non-hydrogen) atoms. The monoisotopic (exact) mass is 246 g/mol. The first-order valence-electron chi connectivity index (χ1n) is 6.09. The van der Waals surface area contributed by atoms with E-state index < -0.39 is 0 Å². The van der Waals surface area contributed by atoms with Crippen molar-refractivity contribution in [1.29, 1.82) is 0 Å². The van der Waals surface area contributed by atoms with Gasteiger partial charge in [-0.3, -0.25) is 9.97 Å². The molecule has 0 radical (unpaired) electrons. The van der Waals surface area contributed by atoms with Crippen molar-refractivity contribution in [2.45, 2.75) is 0 Å². The molecule has 4 rings (SSSR count). The van der Waals surface area contributed by atoms with Crippen molar-refractivity contribution < 1.29 is 4.42 Å². The van der Waals surface area contributed by atoms with Gasteiger partial charge in [0.05, 0.1) is 5.69 Å². The molecule has 0 aliphatic heterocycles. The van der Waals surface area contributed by atoms with E-state index in [-0.39, 0.29) is 0 Å². The van der Waals surface area contributed by atoms with Crippen LogP contribution >= 0.6 is 0 Å². The minimum absolute atomic E-state index is 0.864. The molecular formula is C16H10N2O. The highest BCUT2D eigenvalue weighted by atomic mass is 16.3. The average Bonchev–Trinajstić information content (AvgIpc) is 2.86. The van der Waals surface area contributed by atoms with Gasteiger partial charge in [-0.05, 0) is 36.4 Å². The zero-order valence-corrected chi connectivity index (χ0v) is 10.1. The number of rotatable bonds is 1. The molecule has 0 aliphatic carbocycles. The summed E-state index contributed by atoms with van der Waals surface area (Å²) in [5.74, 6) is 0. The first-order valence-corrected chi connectivity index (χ1v) is 6.09. The number of hydrogen-bond acceptors (Lipinski definition) is 3. The molecule has 0 saturated heterocycles. The van der Waals surface area contributed by atoms with Crippen molar-refractivity contribution in [3.05, 3.63) is 61.1 Å². The molecule has 90 valence electrons. The van der Waals surface area contributed by atoms with Crippen molar-refractivity contribution in [3.8, 4) is 11.3 Å². The van der Waals surface area contributed by atoms with E-state index in [2.05, 4.69) is 16.0 Å². The predicted octanol–water partition coefficient (Wildman–Crippen LogP) is 4.04. The molecule has 0 saturated carbocycles. The van der Waals surface area contributed by atoms with E-state index in [1.807, 2.05) is 42.6 Å². The van der Waals surface area contributed by atoms with Gasteiger partial charge in [0.25, 0.3) is 0 Å². The quantitative estimate of drug-likeness (QED) is 0.508. The summed E-state index contributed by atoms with van der Waals surface area (Å²) in [6, 6.07) is 13.9. The second-order valence-corrected chi connectivity index (χ2v) is 4.40. The van der Waals surface area contributed by atoms with Crippen LogP contribution in [0.15, 0.2) is 65.5 Å². The summed E-state index contributed by atoms with van der Waals surface area (Å²) < 4.78 is 5.78. The van der Waals surface area contributed by atoms with Gasteiger partial charge in [-0.2, -0.15) is 0 Å². The summed E-state index contributed by atoms with van der Waals surface area (Å²) in [6.07, 6.45) is 5.38. The third kappa shape index (κ3) is 1.59. The molecule has 0 bridgehead atoms. The summed E-state index contributed by atoms with van der Waals surface area (Å²) in [6.45, 7) is 0. The Bertz CT molecular complexity index is 866. The minimum Gasteiger partial charge on any atom is -0.456 e. The van der Waals surface area contributed by atoms with E-state index in [9.17, 15) is 0 Å². The Hall–Kier alpha value is -2.68. The number of nitrogens with zero attached hydrogens (tertiary/aromatic N) is 2. The van der Waals surface area contributed by atoms with Crippen LogP contribution in [0.3, 0.4) is 0 Å². The highest BCUT2D eigenvalue weighted by molar-refractivity contribution is 6.05. The van der Waals surface area contributed by atoms with Gasteiger partial charge in [-0.1, -0.05) is 6.07 Å². The van der Waals surface area contributed by atoms with E-state index in [0.29, 0.717) is 0 Å². The van der Waals surface area contributed by atoms with Gasteiger partial charge in [0, 0.05) is 34.9 Å². The standard InChI is InChI=1S/C16H10N2O/c1-2-7-18-14(3-1)11-4-5-15-12(9-11)13-10-17-8-6-16(13)19-15/h1-10H. The molecule has 0 aliphatic rings. The second kappa shape index (κ2) is 3.92. The van der Waals surface area contributed by atoms with Crippen LogP contribution in [0, 0.1) is 0 Å².